The van der Waals surface area contributed by atoms with E-state index < -0.39 is 30.1 Å². The number of nitrogens with two attached hydrogens (primary N) is 1. The maximum Gasteiger partial charge on any atom is 0.221 e. The van der Waals surface area contributed by atoms with Gasteiger partial charge in [0.1, 0.15) is 6.10 Å². The minimum atomic E-state index is -1.000. The molecule has 1 aliphatic carbocycles. The second-order valence-corrected chi connectivity index (χ2v) is 9.57. The topological polar surface area (TPSA) is 99.2 Å². The van der Waals surface area contributed by atoms with Crippen molar-refractivity contribution in [1.29, 1.82) is 0 Å². The zero-order valence-corrected chi connectivity index (χ0v) is 17.2. The number of aliphatic hydroxyl groups is 2. The van der Waals surface area contributed by atoms with E-state index in [9.17, 15) is 15.0 Å². The number of aliphatic hydroxyl groups excluding tert-OH is 2. The average molecular weight is 438 g/mol. The molecule has 2 heterocycles. The molecule has 2 aromatic rings. The predicted octanol–water partition coefficient (Wildman–Crippen LogP) is 2.60. The summed E-state index contributed by atoms with van der Waals surface area (Å²) in [5.41, 5.74) is 6.34. The van der Waals surface area contributed by atoms with E-state index in [-0.39, 0.29) is 11.7 Å². The highest BCUT2D eigenvalue weighted by Gasteiger charge is 2.54. The molecule has 1 aromatic heterocycles. The van der Waals surface area contributed by atoms with E-state index in [1.54, 1.807) is 23.5 Å². The molecular formula is C19H20ClN3O3S2. The van der Waals surface area contributed by atoms with Crippen LogP contribution in [0, 0.1) is 5.92 Å². The summed E-state index contributed by atoms with van der Waals surface area (Å²) in [4.78, 5) is 19.9. The zero-order valence-electron chi connectivity index (χ0n) is 14.8. The standard InChI is InChI=1S/C19H20ClN3O3S2/c20-10-3-5-11(6-4-10)22-19-23(9-12-2-1-7-27-12)15-16(25)14(24)8-13(18(21)26)17(15)28-19/h1-7,13-17,24-25H,8-9H2,(H2,21,26)/t13-,14+,15+,16-,17+/m0/s1. The molecule has 28 heavy (non-hydrogen) atoms. The van der Waals surface area contributed by atoms with Crippen LogP contribution in [0.2, 0.25) is 5.02 Å². The number of carbonyl (C=O) groups is 1. The minimum absolute atomic E-state index is 0.158. The van der Waals surface area contributed by atoms with Gasteiger partial charge in [0.15, 0.2) is 5.17 Å². The van der Waals surface area contributed by atoms with Crippen LogP contribution < -0.4 is 5.73 Å². The summed E-state index contributed by atoms with van der Waals surface area (Å²) < 4.78 is 0. The summed E-state index contributed by atoms with van der Waals surface area (Å²) in [5, 5.41) is 24.1. The van der Waals surface area contributed by atoms with E-state index in [1.165, 1.54) is 11.8 Å². The SMILES string of the molecule is NC(=O)[C@H]1C[C@@H](O)[C@H](O)[C@@H]2[C@@H]1SC(=Nc1ccc(Cl)cc1)N2Cc1cccs1. The van der Waals surface area contributed by atoms with Crippen LogP contribution in [0.25, 0.3) is 0 Å². The molecule has 0 unspecified atom stereocenters. The van der Waals surface area contributed by atoms with E-state index in [4.69, 9.17) is 22.3 Å². The van der Waals surface area contributed by atoms with Crippen molar-refractivity contribution in [2.75, 3.05) is 0 Å². The van der Waals surface area contributed by atoms with Crippen LogP contribution in [0.15, 0.2) is 46.8 Å². The highest BCUT2D eigenvalue weighted by Crippen LogP contribution is 2.45. The Labute approximate surface area is 176 Å². The first-order chi connectivity index (χ1) is 13.4. The summed E-state index contributed by atoms with van der Waals surface area (Å²) in [6, 6.07) is 10.7. The van der Waals surface area contributed by atoms with Gasteiger partial charge in [0.2, 0.25) is 5.91 Å². The van der Waals surface area contributed by atoms with Crippen LogP contribution in [0.4, 0.5) is 5.69 Å². The second-order valence-electron chi connectivity index (χ2n) is 6.95. The van der Waals surface area contributed by atoms with Crippen molar-refractivity contribution < 1.29 is 15.0 Å². The lowest BCUT2D eigenvalue weighted by molar-refractivity contribution is -0.128. The highest BCUT2D eigenvalue weighted by molar-refractivity contribution is 8.14. The number of primary amides is 1. The number of thiophene rings is 1. The van der Waals surface area contributed by atoms with Gasteiger partial charge in [-0.3, -0.25) is 4.79 Å². The highest BCUT2D eigenvalue weighted by atomic mass is 35.5. The second kappa shape index (κ2) is 8.04. The number of amides is 1. The van der Waals surface area contributed by atoms with Crippen molar-refractivity contribution in [2.45, 2.75) is 36.5 Å². The molecule has 5 atom stereocenters. The Morgan fingerprint density at radius 3 is 2.68 bits per heavy atom. The molecule has 6 nitrogen and oxygen atoms in total. The van der Waals surface area contributed by atoms with Crippen molar-refractivity contribution in [3.05, 3.63) is 51.7 Å². The van der Waals surface area contributed by atoms with Crippen LogP contribution in [0.3, 0.4) is 0 Å². The van der Waals surface area contributed by atoms with Gasteiger partial charge in [0.05, 0.1) is 30.3 Å². The molecular weight excluding hydrogens is 418 g/mol. The zero-order chi connectivity index (χ0) is 19.8. The summed E-state index contributed by atoms with van der Waals surface area (Å²) in [6.45, 7) is 0.535. The smallest absolute Gasteiger partial charge is 0.221 e. The molecule has 1 saturated carbocycles. The number of hydrogen-bond acceptors (Lipinski definition) is 6. The van der Waals surface area contributed by atoms with Gasteiger partial charge in [0, 0.05) is 15.1 Å². The maximum atomic E-state index is 12.0. The van der Waals surface area contributed by atoms with Gasteiger partial charge in [-0.2, -0.15) is 0 Å². The van der Waals surface area contributed by atoms with Gasteiger partial charge < -0.3 is 20.8 Å². The third-order valence-electron chi connectivity index (χ3n) is 5.14. The quantitative estimate of drug-likeness (QED) is 0.682. The molecule has 1 aromatic carbocycles. The fourth-order valence-electron chi connectivity index (χ4n) is 3.76. The summed E-state index contributed by atoms with van der Waals surface area (Å²) in [5.74, 6) is -0.991. The van der Waals surface area contributed by atoms with Crippen molar-refractivity contribution in [3.63, 3.8) is 0 Å². The van der Waals surface area contributed by atoms with Crippen molar-refractivity contribution in [2.24, 2.45) is 16.6 Å². The fraction of sp³-hybridized carbons (Fsp3) is 0.368. The molecule has 0 radical (unpaired) electrons. The molecule has 2 fully saturated rings. The lowest BCUT2D eigenvalue weighted by Gasteiger charge is -2.41. The number of rotatable bonds is 4. The Hall–Kier alpha value is -1.58. The number of halogens is 1. The third-order valence-corrected chi connectivity index (χ3v) is 7.67. The lowest BCUT2D eigenvalue weighted by atomic mass is 9.80. The minimum Gasteiger partial charge on any atom is -0.390 e. The van der Waals surface area contributed by atoms with E-state index in [2.05, 4.69) is 0 Å². The van der Waals surface area contributed by atoms with Crippen LogP contribution in [0.1, 0.15) is 11.3 Å². The van der Waals surface area contributed by atoms with Crippen LogP contribution in [-0.4, -0.2) is 49.7 Å². The molecule has 9 heteroatoms. The number of amidine groups is 1. The normalized spacial score (nSPS) is 31.2. The molecule has 4 N–H and O–H groups in total. The Bertz CT molecular complexity index is 875. The van der Waals surface area contributed by atoms with Gasteiger partial charge in [-0.05, 0) is 42.1 Å². The number of aliphatic imine (C=N–C) groups is 1. The Kier molecular flexibility index (Phi) is 5.66. The first-order valence-electron chi connectivity index (χ1n) is 8.89. The lowest BCUT2D eigenvalue weighted by Crippen LogP contribution is -2.58. The first-order valence-corrected chi connectivity index (χ1v) is 11.0. The largest absolute Gasteiger partial charge is 0.390 e. The third kappa shape index (κ3) is 3.79. The van der Waals surface area contributed by atoms with Gasteiger partial charge in [0.25, 0.3) is 0 Å². The average Bonchev–Trinajstić information content (AvgIpc) is 3.29. The Morgan fingerprint density at radius 1 is 1.29 bits per heavy atom. The molecule has 148 valence electrons. The number of hydrogen-bond donors (Lipinski definition) is 3. The van der Waals surface area contributed by atoms with Crippen LogP contribution >= 0.6 is 34.7 Å². The number of carbonyl (C=O) groups excluding carboxylic acids is 1. The van der Waals surface area contributed by atoms with Gasteiger partial charge in [-0.15, -0.1) is 11.3 Å². The monoisotopic (exact) mass is 437 g/mol. The van der Waals surface area contributed by atoms with Gasteiger partial charge >= 0.3 is 0 Å². The Morgan fingerprint density at radius 2 is 2.04 bits per heavy atom. The predicted molar refractivity (Wildman–Crippen MR) is 113 cm³/mol. The maximum absolute atomic E-state index is 12.0. The van der Waals surface area contributed by atoms with Crippen LogP contribution in [-0.2, 0) is 11.3 Å². The number of nitrogens with zero attached hydrogens (tertiary/aromatic N) is 2. The molecule has 1 aliphatic heterocycles. The van der Waals surface area contributed by atoms with E-state index in [1.807, 2.05) is 34.5 Å². The Balaban J connectivity index is 1.73. The fourth-order valence-corrected chi connectivity index (χ4v) is 6.17. The van der Waals surface area contributed by atoms with E-state index in [0.717, 1.165) is 10.6 Å². The van der Waals surface area contributed by atoms with Crippen LogP contribution in [0.5, 0.6) is 0 Å². The van der Waals surface area contributed by atoms with E-state index in [0.29, 0.717) is 16.7 Å². The van der Waals surface area contributed by atoms with Crippen molar-refractivity contribution in [1.82, 2.24) is 4.90 Å². The van der Waals surface area contributed by atoms with E-state index >= 15 is 0 Å². The molecule has 1 amide bonds. The number of benzene rings is 1. The number of thioether (sulfide) groups is 1. The van der Waals surface area contributed by atoms with Gasteiger partial charge in [-0.1, -0.05) is 29.4 Å². The molecule has 1 saturated heterocycles. The van der Waals surface area contributed by atoms with Crippen molar-refractivity contribution >= 4 is 51.5 Å². The molecule has 2 aliphatic rings. The molecule has 4 rings (SSSR count). The first kappa shape index (κ1) is 19.7. The summed E-state index contributed by atoms with van der Waals surface area (Å²) in [7, 11) is 0. The molecule has 0 spiro atoms. The molecule has 0 bridgehead atoms. The summed E-state index contributed by atoms with van der Waals surface area (Å²) in [6.07, 6.45) is -1.82. The van der Waals surface area contributed by atoms with Crippen molar-refractivity contribution in [3.8, 4) is 0 Å². The summed E-state index contributed by atoms with van der Waals surface area (Å²) >= 11 is 9.02. The number of fused-ring (bicyclic) bond motifs is 1. The van der Waals surface area contributed by atoms with Gasteiger partial charge in [-0.25, -0.2) is 4.99 Å².